The second-order valence-electron chi connectivity index (χ2n) is 8.58. The van der Waals surface area contributed by atoms with Crippen molar-refractivity contribution in [2.75, 3.05) is 64.0 Å². The van der Waals surface area contributed by atoms with E-state index in [-0.39, 0.29) is 35.3 Å². The van der Waals surface area contributed by atoms with Gasteiger partial charge < -0.3 is 9.47 Å². The van der Waals surface area contributed by atoms with Gasteiger partial charge in [-0.2, -0.15) is 0 Å². The quantitative estimate of drug-likeness (QED) is 0.579. The Hall–Kier alpha value is -1.91. The highest BCUT2D eigenvalue weighted by Crippen LogP contribution is 2.23. The summed E-state index contributed by atoms with van der Waals surface area (Å²) >= 11 is 0. The first kappa shape index (κ1) is 24.2. The van der Waals surface area contributed by atoms with E-state index in [0.29, 0.717) is 52.5 Å². The first-order valence-corrected chi connectivity index (χ1v) is 13.1. The van der Waals surface area contributed by atoms with Crippen LogP contribution in [0.2, 0.25) is 0 Å². The van der Waals surface area contributed by atoms with E-state index in [4.69, 9.17) is 9.47 Å². The number of nitrogens with zero attached hydrogens (tertiary/aromatic N) is 2. The van der Waals surface area contributed by atoms with Crippen LogP contribution in [0, 0.1) is 11.6 Å². The molecule has 0 amide bonds. The molecule has 2 unspecified atom stereocenters. The molecule has 180 valence electrons. The van der Waals surface area contributed by atoms with E-state index in [0.717, 1.165) is 11.1 Å². The molecular weight excluding hydrogens is 450 g/mol. The highest BCUT2D eigenvalue weighted by molar-refractivity contribution is 7.91. The number of morpholine rings is 2. The summed E-state index contributed by atoms with van der Waals surface area (Å²) in [5.74, 6) is -0.396. The number of rotatable bonds is 8. The summed E-state index contributed by atoms with van der Waals surface area (Å²) in [4.78, 5) is 4.18. The Kier molecular flexibility index (Phi) is 8.08. The van der Waals surface area contributed by atoms with Gasteiger partial charge in [0.2, 0.25) is 0 Å². The van der Waals surface area contributed by atoms with E-state index in [2.05, 4.69) is 9.80 Å². The third-order valence-electron chi connectivity index (χ3n) is 6.22. The average molecular weight is 481 g/mol. The van der Waals surface area contributed by atoms with Crippen LogP contribution in [-0.2, 0) is 19.3 Å². The molecule has 0 bridgehead atoms. The molecular formula is C24H30F2N2O4S. The van der Waals surface area contributed by atoms with E-state index in [1.807, 2.05) is 0 Å². The fraction of sp³-hybridized carbons (Fsp3) is 0.500. The van der Waals surface area contributed by atoms with Gasteiger partial charge in [-0.05, 0) is 35.4 Å². The van der Waals surface area contributed by atoms with Crippen molar-refractivity contribution in [3.8, 4) is 0 Å². The fourth-order valence-electron chi connectivity index (χ4n) is 4.21. The third kappa shape index (κ3) is 7.04. The zero-order chi connectivity index (χ0) is 23.3. The lowest BCUT2D eigenvalue weighted by atomic mass is 10.1. The highest BCUT2D eigenvalue weighted by Gasteiger charge is 2.26. The molecule has 0 saturated carbocycles. The summed E-state index contributed by atoms with van der Waals surface area (Å²) in [5, 5.41) is 0. The largest absolute Gasteiger partial charge is 0.371 e. The van der Waals surface area contributed by atoms with Crippen molar-refractivity contribution in [1.82, 2.24) is 9.80 Å². The number of halogens is 2. The molecule has 0 aliphatic carbocycles. The molecule has 33 heavy (non-hydrogen) atoms. The second kappa shape index (κ2) is 11.0. The molecule has 2 aliphatic heterocycles. The summed E-state index contributed by atoms with van der Waals surface area (Å²) in [7, 11) is -3.22. The van der Waals surface area contributed by atoms with Crippen molar-refractivity contribution < 1.29 is 26.7 Å². The second-order valence-corrected chi connectivity index (χ2v) is 10.9. The monoisotopic (exact) mass is 480 g/mol. The van der Waals surface area contributed by atoms with Gasteiger partial charge in [-0.3, -0.25) is 9.80 Å². The number of sulfone groups is 1. The SMILES string of the molecule is O=S(=O)(CCN1CCOC(c2ccc(F)cc2)C1)CCN1CCOC(c2ccc(F)cc2)C1. The molecule has 0 N–H and O–H groups in total. The molecule has 2 aromatic carbocycles. The van der Waals surface area contributed by atoms with E-state index >= 15 is 0 Å². The van der Waals surface area contributed by atoms with Crippen LogP contribution in [-0.4, -0.2) is 82.2 Å². The van der Waals surface area contributed by atoms with Gasteiger partial charge in [0.05, 0.1) is 36.9 Å². The first-order chi connectivity index (χ1) is 15.9. The molecule has 2 aliphatic rings. The molecule has 2 atom stereocenters. The number of hydrogen-bond donors (Lipinski definition) is 0. The molecule has 6 nitrogen and oxygen atoms in total. The minimum atomic E-state index is -3.22. The zero-order valence-electron chi connectivity index (χ0n) is 18.5. The van der Waals surface area contributed by atoms with Gasteiger partial charge in [-0.15, -0.1) is 0 Å². The molecule has 0 radical (unpaired) electrons. The summed E-state index contributed by atoms with van der Waals surface area (Å²) in [6.07, 6.45) is -0.363. The van der Waals surface area contributed by atoms with Crippen LogP contribution >= 0.6 is 0 Å². The Bertz CT molecular complexity index is 927. The molecule has 0 spiro atoms. The summed E-state index contributed by atoms with van der Waals surface area (Å²) in [6.45, 7) is 4.46. The van der Waals surface area contributed by atoms with Gasteiger partial charge in [0, 0.05) is 39.3 Å². The Morgan fingerprint density at radius 2 is 1.12 bits per heavy atom. The van der Waals surface area contributed by atoms with Crippen LogP contribution in [0.15, 0.2) is 48.5 Å². The lowest BCUT2D eigenvalue weighted by molar-refractivity contribution is -0.0284. The van der Waals surface area contributed by atoms with Crippen LogP contribution in [0.1, 0.15) is 23.3 Å². The Balaban J connectivity index is 1.23. The molecule has 0 aromatic heterocycles. The van der Waals surface area contributed by atoms with Crippen molar-refractivity contribution >= 4 is 9.84 Å². The summed E-state index contributed by atoms with van der Waals surface area (Å²) in [6, 6.07) is 12.5. The van der Waals surface area contributed by atoms with Crippen LogP contribution in [0.4, 0.5) is 8.78 Å². The highest BCUT2D eigenvalue weighted by atomic mass is 32.2. The summed E-state index contributed by atoms with van der Waals surface area (Å²) in [5.41, 5.74) is 1.79. The van der Waals surface area contributed by atoms with Gasteiger partial charge in [-0.1, -0.05) is 24.3 Å². The van der Waals surface area contributed by atoms with E-state index in [1.54, 1.807) is 24.3 Å². The Morgan fingerprint density at radius 1 is 0.727 bits per heavy atom. The minimum absolute atomic E-state index is 0.0921. The lowest BCUT2D eigenvalue weighted by Crippen LogP contribution is -2.43. The molecule has 2 saturated heterocycles. The molecule has 2 fully saturated rings. The summed E-state index contributed by atoms with van der Waals surface area (Å²) < 4.78 is 63.3. The van der Waals surface area contributed by atoms with Crippen molar-refractivity contribution in [2.45, 2.75) is 12.2 Å². The fourth-order valence-corrected chi connectivity index (χ4v) is 5.48. The predicted molar refractivity (Wildman–Crippen MR) is 122 cm³/mol. The smallest absolute Gasteiger partial charge is 0.152 e. The number of benzene rings is 2. The zero-order valence-corrected chi connectivity index (χ0v) is 19.4. The van der Waals surface area contributed by atoms with Crippen LogP contribution in [0.3, 0.4) is 0 Å². The molecule has 9 heteroatoms. The van der Waals surface area contributed by atoms with Gasteiger partial charge in [0.1, 0.15) is 11.6 Å². The Labute approximate surface area is 194 Å². The molecule has 2 aromatic rings. The number of hydrogen-bond acceptors (Lipinski definition) is 6. The molecule has 4 rings (SSSR count). The third-order valence-corrected chi connectivity index (χ3v) is 7.83. The van der Waals surface area contributed by atoms with Crippen molar-refractivity contribution in [2.24, 2.45) is 0 Å². The van der Waals surface area contributed by atoms with Crippen molar-refractivity contribution in [1.29, 1.82) is 0 Å². The van der Waals surface area contributed by atoms with Gasteiger partial charge in [0.15, 0.2) is 9.84 Å². The van der Waals surface area contributed by atoms with E-state index < -0.39 is 9.84 Å². The maximum absolute atomic E-state index is 13.2. The van der Waals surface area contributed by atoms with Crippen LogP contribution < -0.4 is 0 Å². The maximum atomic E-state index is 13.2. The number of ether oxygens (including phenoxy) is 2. The molecule has 2 heterocycles. The van der Waals surface area contributed by atoms with Crippen LogP contribution in [0.25, 0.3) is 0 Å². The maximum Gasteiger partial charge on any atom is 0.152 e. The van der Waals surface area contributed by atoms with Gasteiger partial charge >= 0.3 is 0 Å². The standard InChI is InChI=1S/C24H30F2N2O4S/c25-21-5-1-19(2-6-21)23-17-27(9-13-31-23)11-15-33(29,30)16-12-28-10-14-32-24(18-28)20-3-7-22(26)8-4-20/h1-8,23-24H,9-18H2. The normalized spacial score (nSPS) is 23.0. The average Bonchev–Trinajstić information content (AvgIpc) is 2.83. The topological polar surface area (TPSA) is 59.1 Å². The predicted octanol–water partition coefficient (Wildman–Crippen LogP) is 2.83. The lowest BCUT2D eigenvalue weighted by Gasteiger charge is -2.34. The van der Waals surface area contributed by atoms with E-state index in [9.17, 15) is 17.2 Å². The van der Waals surface area contributed by atoms with Crippen molar-refractivity contribution in [3.63, 3.8) is 0 Å². The van der Waals surface area contributed by atoms with Crippen LogP contribution in [0.5, 0.6) is 0 Å². The first-order valence-electron chi connectivity index (χ1n) is 11.3. The van der Waals surface area contributed by atoms with Gasteiger partial charge in [0.25, 0.3) is 0 Å². The van der Waals surface area contributed by atoms with Gasteiger partial charge in [-0.25, -0.2) is 17.2 Å². The van der Waals surface area contributed by atoms with Crippen molar-refractivity contribution in [3.05, 3.63) is 71.3 Å². The van der Waals surface area contributed by atoms with E-state index in [1.165, 1.54) is 24.3 Å². The minimum Gasteiger partial charge on any atom is -0.371 e. The Morgan fingerprint density at radius 3 is 1.52 bits per heavy atom.